The lowest BCUT2D eigenvalue weighted by Gasteiger charge is -2.00. The molecule has 1 aromatic carbocycles. The van der Waals surface area contributed by atoms with Crippen molar-refractivity contribution < 1.29 is 4.79 Å². The number of benzene rings is 1. The van der Waals surface area contributed by atoms with Gasteiger partial charge in [0.2, 0.25) is 0 Å². The summed E-state index contributed by atoms with van der Waals surface area (Å²) in [4.78, 5) is 10.5. The van der Waals surface area contributed by atoms with E-state index in [0.29, 0.717) is 22.4 Å². The van der Waals surface area contributed by atoms with Gasteiger partial charge in [0, 0.05) is 21.7 Å². The molecule has 0 saturated heterocycles. The molecular weight excluding hydrogens is 195 g/mol. The summed E-state index contributed by atoms with van der Waals surface area (Å²) in [7, 11) is 0. The molecule has 0 aliphatic carbocycles. The number of hydrogen-bond donors (Lipinski definition) is 0. The molecule has 12 heavy (non-hydrogen) atoms. The Morgan fingerprint density at radius 3 is 2.50 bits per heavy atom. The maximum atomic E-state index is 10.5. The third-order valence-electron chi connectivity index (χ3n) is 1.43. The molecule has 3 heteroatoms. The minimum atomic E-state index is 0.391. The highest BCUT2D eigenvalue weighted by Crippen LogP contribution is 2.22. The predicted octanol–water partition coefficient (Wildman–Crippen LogP) is 3.12. The van der Waals surface area contributed by atoms with E-state index in [1.807, 2.05) is 0 Å². The molecule has 62 valence electrons. The Bertz CT molecular complexity index is 318. The van der Waals surface area contributed by atoms with Crippen LogP contribution in [0.4, 0.5) is 0 Å². The van der Waals surface area contributed by atoms with Gasteiger partial charge in [0.1, 0.15) is 0 Å². The number of carbonyl (C=O) groups is 1. The van der Waals surface area contributed by atoms with Crippen LogP contribution in [0.1, 0.15) is 5.56 Å². The van der Waals surface area contributed by atoms with E-state index in [2.05, 4.69) is 0 Å². The number of halogens is 2. The van der Waals surface area contributed by atoms with E-state index in [4.69, 9.17) is 23.2 Å². The Labute approximate surface area is 80.6 Å². The Balaban J connectivity index is 3.18. The van der Waals surface area contributed by atoms with Crippen LogP contribution in [0.25, 0.3) is 5.57 Å². The predicted molar refractivity (Wildman–Crippen MR) is 51.3 cm³/mol. The SMILES string of the molecule is O=CC(=CCl)c1ccccc1Cl. The van der Waals surface area contributed by atoms with E-state index >= 15 is 0 Å². The van der Waals surface area contributed by atoms with E-state index in [-0.39, 0.29) is 0 Å². The van der Waals surface area contributed by atoms with Crippen LogP contribution in [-0.2, 0) is 4.79 Å². The molecule has 0 spiro atoms. The van der Waals surface area contributed by atoms with Gasteiger partial charge in [-0.2, -0.15) is 0 Å². The summed E-state index contributed by atoms with van der Waals surface area (Å²) in [6.07, 6.45) is 0.675. The minimum Gasteiger partial charge on any atom is -0.298 e. The summed E-state index contributed by atoms with van der Waals surface area (Å²) >= 11 is 11.2. The lowest BCUT2D eigenvalue weighted by Crippen LogP contribution is -1.85. The first kappa shape index (κ1) is 9.30. The number of allylic oxidation sites excluding steroid dienone is 1. The van der Waals surface area contributed by atoms with Crippen molar-refractivity contribution in [2.24, 2.45) is 0 Å². The second-order valence-electron chi connectivity index (χ2n) is 2.16. The summed E-state index contributed by atoms with van der Waals surface area (Å²) in [5, 5.41) is 0.525. The van der Waals surface area contributed by atoms with Gasteiger partial charge in [-0.15, -0.1) is 0 Å². The lowest BCUT2D eigenvalue weighted by atomic mass is 10.1. The molecule has 1 rings (SSSR count). The summed E-state index contributed by atoms with van der Waals surface area (Å²) in [5.41, 5.74) is 2.26. The van der Waals surface area contributed by atoms with Crippen LogP contribution >= 0.6 is 23.2 Å². The van der Waals surface area contributed by atoms with E-state index in [0.717, 1.165) is 0 Å². The average molecular weight is 201 g/mol. The number of rotatable bonds is 2. The van der Waals surface area contributed by atoms with Gasteiger partial charge in [0.05, 0.1) is 0 Å². The monoisotopic (exact) mass is 200 g/mol. The van der Waals surface area contributed by atoms with Crippen LogP contribution in [0, 0.1) is 0 Å². The summed E-state index contributed by atoms with van der Waals surface area (Å²) < 4.78 is 0. The van der Waals surface area contributed by atoms with Crippen molar-refractivity contribution in [3.63, 3.8) is 0 Å². The molecule has 0 fully saturated rings. The fourth-order valence-corrected chi connectivity index (χ4v) is 1.26. The largest absolute Gasteiger partial charge is 0.298 e. The van der Waals surface area contributed by atoms with Gasteiger partial charge in [-0.25, -0.2) is 0 Å². The van der Waals surface area contributed by atoms with Crippen molar-refractivity contribution in [1.82, 2.24) is 0 Å². The number of carbonyl (C=O) groups excluding carboxylic acids is 1. The van der Waals surface area contributed by atoms with Crippen molar-refractivity contribution >= 4 is 35.1 Å². The molecule has 0 aromatic heterocycles. The zero-order valence-electron chi connectivity index (χ0n) is 6.13. The van der Waals surface area contributed by atoms with Crippen molar-refractivity contribution in [2.75, 3.05) is 0 Å². The van der Waals surface area contributed by atoms with E-state index in [9.17, 15) is 4.79 Å². The molecule has 0 radical (unpaired) electrons. The highest BCUT2D eigenvalue weighted by atomic mass is 35.5. The van der Waals surface area contributed by atoms with Gasteiger partial charge in [0.15, 0.2) is 6.29 Å². The van der Waals surface area contributed by atoms with E-state index < -0.39 is 0 Å². The molecule has 0 aliphatic heterocycles. The van der Waals surface area contributed by atoms with Crippen molar-refractivity contribution in [2.45, 2.75) is 0 Å². The Morgan fingerprint density at radius 1 is 1.33 bits per heavy atom. The first-order valence-electron chi connectivity index (χ1n) is 3.30. The van der Waals surface area contributed by atoms with Crippen molar-refractivity contribution in [3.8, 4) is 0 Å². The fraction of sp³-hybridized carbons (Fsp3) is 0. The molecule has 0 amide bonds. The standard InChI is InChI=1S/C9H6Cl2O/c10-5-7(6-12)8-3-1-2-4-9(8)11/h1-6H. The highest BCUT2D eigenvalue weighted by molar-refractivity contribution is 6.36. The van der Waals surface area contributed by atoms with Crippen LogP contribution < -0.4 is 0 Å². The summed E-state index contributed by atoms with van der Waals surface area (Å²) in [6.45, 7) is 0. The molecule has 0 aliphatic rings. The van der Waals surface area contributed by atoms with Crippen molar-refractivity contribution in [3.05, 3.63) is 40.4 Å². The molecule has 0 saturated carbocycles. The van der Waals surface area contributed by atoms with Gasteiger partial charge in [-0.1, -0.05) is 41.4 Å². The second kappa shape index (κ2) is 4.29. The number of aldehydes is 1. The molecule has 1 nitrogen and oxygen atoms in total. The fourth-order valence-electron chi connectivity index (χ4n) is 0.843. The second-order valence-corrected chi connectivity index (χ2v) is 2.79. The molecule has 0 atom stereocenters. The Hall–Kier alpha value is -0.790. The smallest absolute Gasteiger partial charge is 0.151 e. The molecule has 0 unspecified atom stereocenters. The van der Waals surface area contributed by atoms with Crippen molar-refractivity contribution in [1.29, 1.82) is 0 Å². The lowest BCUT2D eigenvalue weighted by molar-refractivity contribution is -0.103. The van der Waals surface area contributed by atoms with Gasteiger partial charge < -0.3 is 0 Å². The van der Waals surface area contributed by atoms with Crippen LogP contribution in [0.3, 0.4) is 0 Å². The van der Waals surface area contributed by atoms with Gasteiger partial charge in [-0.3, -0.25) is 4.79 Å². The molecule has 1 aromatic rings. The van der Waals surface area contributed by atoms with Gasteiger partial charge in [-0.05, 0) is 6.07 Å². The Kier molecular flexibility index (Phi) is 3.32. The first-order valence-corrected chi connectivity index (χ1v) is 4.11. The quantitative estimate of drug-likeness (QED) is 0.530. The maximum absolute atomic E-state index is 10.5. The Morgan fingerprint density at radius 2 is 2.00 bits per heavy atom. The maximum Gasteiger partial charge on any atom is 0.151 e. The molecule has 0 heterocycles. The minimum absolute atomic E-state index is 0.391. The topological polar surface area (TPSA) is 17.1 Å². The van der Waals surface area contributed by atoms with Gasteiger partial charge in [0.25, 0.3) is 0 Å². The third-order valence-corrected chi connectivity index (χ3v) is 1.99. The highest BCUT2D eigenvalue weighted by Gasteiger charge is 2.02. The van der Waals surface area contributed by atoms with Gasteiger partial charge >= 0.3 is 0 Å². The van der Waals surface area contributed by atoms with Crippen LogP contribution in [-0.4, -0.2) is 6.29 Å². The summed E-state index contributed by atoms with van der Waals surface area (Å²) in [5.74, 6) is 0. The summed E-state index contributed by atoms with van der Waals surface area (Å²) in [6, 6.07) is 7.04. The molecular formula is C9H6Cl2O. The molecule has 0 bridgehead atoms. The van der Waals surface area contributed by atoms with Crippen LogP contribution in [0.5, 0.6) is 0 Å². The first-order chi connectivity index (χ1) is 5.79. The van der Waals surface area contributed by atoms with E-state index in [1.54, 1.807) is 24.3 Å². The third kappa shape index (κ3) is 1.87. The van der Waals surface area contributed by atoms with E-state index in [1.165, 1.54) is 5.54 Å². The normalized spacial score (nSPS) is 11.3. The molecule has 0 N–H and O–H groups in total. The van der Waals surface area contributed by atoms with Crippen LogP contribution in [0.2, 0.25) is 5.02 Å². The zero-order valence-corrected chi connectivity index (χ0v) is 7.64. The van der Waals surface area contributed by atoms with Crippen LogP contribution in [0.15, 0.2) is 29.8 Å². The zero-order chi connectivity index (χ0) is 8.97. The number of hydrogen-bond acceptors (Lipinski definition) is 1. The average Bonchev–Trinajstić information content (AvgIpc) is 2.10.